The number of aliphatic carboxylic acids is 1. The van der Waals surface area contributed by atoms with Crippen molar-refractivity contribution in [2.75, 3.05) is 0 Å². The summed E-state index contributed by atoms with van der Waals surface area (Å²) in [6, 6.07) is 0. The van der Waals surface area contributed by atoms with E-state index in [9.17, 15) is 13.6 Å². The first-order valence-electron chi connectivity index (χ1n) is 4.86. The number of alkyl halides is 2. The first kappa shape index (κ1) is 11.0. The van der Waals surface area contributed by atoms with Gasteiger partial charge in [0.2, 0.25) is 0 Å². The van der Waals surface area contributed by atoms with Crippen molar-refractivity contribution >= 4 is 5.97 Å². The van der Waals surface area contributed by atoms with E-state index in [1.165, 1.54) is 4.68 Å². The number of halogens is 2. The molecule has 1 aromatic heterocycles. The standard InChI is InChI=1S/C10H12F2N2O2/c1-5-7(6(2)14(3)13-5)9(8(15)16)4-10(9,11)12/h4H2,1-3H3,(H,15,16). The molecule has 1 aromatic rings. The Morgan fingerprint density at radius 3 is 2.25 bits per heavy atom. The molecule has 0 bridgehead atoms. The first-order valence-corrected chi connectivity index (χ1v) is 4.86. The molecule has 0 aromatic carbocycles. The van der Waals surface area contributed by atoms with Gasteiger partial charge < -0.3 is 5.11 Å². The molecule has 1 atom stereocenters. The van der Waals surface area contributed by atoms with Gasteiger partial charge in [-0.15, -0.1) is 0 Å². The van der Waals surface area contributed by atoms with Crippen LogP contribution in [-0.4, -0.2) is 26.8 Å². The molecule has 0 radical (unpaired) electrons. The zero-order valence-corrected chi connectivity index (χ0v) is 9.21. The highest BCUT2D eigenvalue weighted by molar-refractivity contribution is 5.88. The topological polar surface area (TPSA) is 55.1 Å². The fraction of sp³-hybridized carbons (Fsp3) is 0.600. The third-order valence-corrected chi connectivity index (χ3v) is 3.29. The van der Waals surface area contributed by atoms with Crippen LogP contribution in [0.15, 0.2) is 0 Å². The molecule has 1 saturated carbocycles. The van der Waals surface area contributed by atoms with Crippen molar-refractivity contribution in [2.24, 2.45) is 7.05 Å². The molecule has 1 unspecified atom stereocenters. The lowest BCUT2D eigenvalue weighted by molar-refractivity contribution is -0.143. The van der Waals surface area contributed by atoms with Crippen LogP contribution in [0.4, 0.5) is 8.78 Å². The Kier molecular flexibility index (Phi) is 1.94. The van der Waals surface area contributed by atoms with E-state index >= 15 is 0 Å². The lowest BCUT2D eigenvalue weighted by atomic mass is 9.93. The van der Waals surface area contributed by atoms with Gasteiger partial charge in [-0.1, -0.05) is 0 Å². The summed E-state index contributed by atoms with van der Waals surface area (Å²) in [5, 5.41) is 13.0. The molecule has 4 nitrogen and oxygen atoms in total. The van der Waals surface area contributed by atoms with Gasteiger partial charge in [0.25, 0.3) is 5.92 Å². The molecule has 16 heavy (non-hydrogen) atoms. The van der Waals surface area contributed by atoms with Crippen molar-refractivity contribution < 1.29 is 18.7 Å². The Morgan fingerprint density at radius 2 is 2.00 bits per heavy atom. The van der Waals surface area contributed by atoms with Gasteiger partial charge in [0.15, 0.2) is 5.41 Å². The summed E-state index contributed by atoms with van der Waals surface area (Å²) in [7, 11) is 1.61. The summed E-state index contributed by atoms with van der Waals surface area (Å²) in [5.41, 5.74) is -1.06. The zero-order chi connectivity index (χ0) is 12.3. The normalized spacial score (nSPS) is 26.8. The Morgan fingerprint density at radius 1 is 1.50 bits per heavy atom. The second-order valence-corrected chi connectivity index (χ2v) is 4.26. The Bertz CT molecular complexity index is 481. The van der Waals surface area contributed by atoms with Gasteiger partial charge in [0.05, 0.1) is 5.69 Å². The molecule has 0 spiro atoms. The van der Waals surface area contributed by atoms with Crippen molar-refractivity contribution in [3.8, 4) is 0 Å². The molecule has 1 heterocycles. The maximum atomic E-state index is 13.3. The summed E-state index contributed by atoms with van der Waals surface area (Å²) >= 11 is 0. The summed E-state index contributed by atoms with van der Waals surface area (Å²) in [4.78, 5) is 11.1. The smallest absolute Gasteiger partial charge is 0.320 e. The van der Waals surface area contributed by atoms with Crippen molar-refractivity contribution in [3.63, 3.8) is 0 Å². The summed E-state index contributed by atoms with van der Waals surface area (Å²) < 4.78 is 28.1. The van der Waals surface area contributed by atoms with Crippen LogP contribution in [0.25, 0.3) is 0 Å². The summed E-state index contributed by atoms with van der Waals surface area (Å²) in [5.74, 6) is -4.64. The SMILES string of the molecule is Cc1nn(C)c(C)c1C1(C(=O)O)CC1(F)F. The molecule has 88 valence electrons. The van der Waals surface area contributed by atoms with Crippen molar-refractivity contribution in [1.82, 2.24) is 9.78 Å². The average Bonchev–Trinajstić information content (AvgIpc) is 2.60. The van der Waals surface area contributed by atoms with E-state index in [2.05, 4.69) is 5.10 Å². The van der Waals surface area contributed by atoms with Crippen molar-refractivity contribution in [3.05, 3.63) is 17.0 Å². The maximum Gasteiger partial charge on any atom is 0.320 e. The number of aromatic nitrogens is 2. The van der Waals surface area contributed by atoms with Gasteiger partial charge in [-0.25, -0.2) is 8.78 Å². The molecular formula is C10H12F2N2O2. The van der Waals surface area contributed by atoms with Crippen LogP contribution in [0.3, 0.4) is 0 Å². The van der Waals surface area contributed by atoms with Gasteiger partial charge in [-0.05, 0) is 13.8 Å². The molecule has 0 aliphatic heterocycles. The molecule has 0 amide bonds. The van der Waals surface area contributed by atoms with Crippen molar-refractivity contribution in [2.45, 2.75) is 31.6 Å². The lowest BCUT2D eigenvalue weighted by Gasteiger charge is -2.11. The Labute approximate surface area is 90.9 Å². The maximum absolute atomic E-state index is 13.3. The number of carboxylic acid groups (broad SMARTS) is 1. The van der Waals surface area contributed by atoms with Gasteiger partial charge in [-0.3, -0.25) is 9.48 Å². The highest BCUT2D eigenvalue weighted by Gasteiger charge is 2.78. The van der Waals surface area contributed by atoms with Gasteiger partial charge >= 0.3 is 5.97 Å². The minimum absolute atomic E-state index is 0.160. The van der Waals surface area contributed by atoms with E-state index in [0.29, 0.717) is 11.4 Å². The first-order chi connectivity index (χ1) is 7.24. The number of carboxylic acids is 1. The predicted octanol–water partition coefficient (Wildman–Crippen LogP) is 1.40. The number of hydrogen-bond donors (Lipinski definition) is 1. The summed E-state index contributed by atoms with van der Waals surface area (Å²) in [6.07, 6.45) is -0.636. The highest BCUT2D eigenvalue weighted by atomic mass is 19.3. The highest BCUT2D eigenvalue weighted by Crippen LogP contribution is 2.62. The van der Waals surface area contributed by atoms with Crippen LogP contribution in [0.2, 0.25) is 0 Å². The molecular weight excluding hydrogens is 218 g/mol. The van der Waals surface area contributed by atoms with E-state index < -0.39 is 23.7 Å². The minimum Gasteiger partial charge on any atom is -0.480 e. The molecule has 1 N–H and O–H groups in total. The zero-order valence-electron chi connectivity index (χ0n) is 9.21. The number of nitrogens with zero attached hydrogens (tertiary/aromatic N) is 2. The van der Waals surface area contributed by atoms with Crippen LogP contribution in [0, 0.1) is 13.8 Å². The third kappa shape index (κ3) is 1.07. The second-order valence-electron chi connectivity index (χ2n) is 4.26. The number of carbonyl (C=O) groups is 1. The van der Waals surface area contributed by atoms with Crippen LogP contribution >= 0.6 is 0 Å². The molecule has 1 fully saturated rings. The third-order valence-electron chi connectivity index (χ3n) is 3.29. The largest absolute Gasteiger partial charge is 0.480 e. The van der Waals surface area contributed by atoms with Crippen LogP contribution in [-0.2, 0) is 17.3 Å². The van der Waals surface area contributed by atoms with E-state index in [-0.39, 0.29) is 5.56 Å². The van der Waals surface area contributed by atoms with Gasteiger partial charge in [0, 0.05) is 24.7 Å². The Hall–Kier alpha value is -1.46. The van der Waals surface area contributed by atoms with E-state index in [1.807, 2.05) is 0 Å². The average molecular weight is 230 g/mol. The fourth-order valence-electron chi connectivity index (χ4n) is 2.29. The molecule has 1 aliphatic rings. The number of rotatable bonds is 2. The minimum atomic E-state index is -3.17. The molecule has 2 rings (SSSR count). The second kappa shape index (κ2) is 2.81. The number of hydrogen-bond acceptors (Lipinski definition) is 2. The monoisotopic (exact) mass is 230 g/mol. The van der Waals surface area contributed by atoms with E-state index in [1.54, 1.807) is 20.9 Å². The quantitative estimate of drug-likeness (QED) is 0.835. The molecule has 0 saturated heterocycles. The fourth-order valence-corrected chi connectivity index (χ4v) is 2.29. The van der Waals surface area contributed by atoms with Crippen LogP contribution < -0.4 is 0 Å². The summed E-state index contributed by atoms with van der Waals surface area (Å²) in [6.45, 7) is 3.16. The predicted molar refractivity (Wildman–Crippen MR) is 51.6 cm³/mol. The van der Waals surface area contributed by atoms with Crippen LogP contribution in [0.1, 0.15) is 23.4 Å². The number of aryl methyl sites for hydroxylation is 2. The molecule has 6 heteroatoms. The van der Waals surface area contributed by atoms with E-state index in [4.69, 9.17) is 5.11 Å². The molecule has 1 aliphatic carbocycles. The van der Waals surface area contributed by atoms with Crippen LogP contribution in [0.5, 0.6) is 0 Å². The van der Waals surface area contributed by atoms with E-state index in [0.717, 1.165) is 0 Å². The van der Waals surface area contributed by atoms with Crippen molar-refractivity contribution in [1.29, 1.82) is 0 Å². The van der Waals surface area contributed by atoms with Gasteiger partial charge in [0.1, 0.15) is 0 Å². The van der Waals surface area contributed by atoms with Gasteiger partial charge in [-0.2, -0.15) is 5.10 Å². The lowest BCUT2D eigenvalue weighted by Crippen LogP contribution is -2.28. The Balaban J connectivity index is 2.64.